The quantitative estimate of drug-likeness (QED) is 0.818. The molecule has 1 amide bonds. The summed E-state index contributed by atoms with van der Waals surface area (Å²) in [6, 6.07) is 8.89. The Bertz CT molecular complexity index is 698. The molecule has 0 bridgehead atoms. The molecule has 0 aliphatic heterocycles. The first kappa shape index (κ1) is 17.0. The maximum absolute atomic E-state index is 12.2. The van der Waals surface area contributed by atoms with Gasteiger partial charge in [0, 0.05) is 18.5 Å². The summed E-state index contributed by atoms with van der Waals surface area (Å²) in [4.78, 5) is 12.2. The molecule has 0 saturated carbocycles. The molecule has 1 unspecified atom stereocenters. The van der Waals surface area contributed by atoms with Gasteiger partial charge in [0.2, 0.25) is 5.91 Å². The minimum absolute atomic E-state index is 0.0568. The number of rotatable bonds is 6. The number of fused-ring (bicyclic) bond motifs is 1. The number of carbonyl (C=O) groups is 1. The van der Waals surface area contributed by atoms with E-state index in [0.717, 1.165) is 18.0 Å². The van der Waals surface area contributed by atoms with Crippen molar-refractivity contribution in [2.24, 2.45) is 0 Å². The normalized spacial score (nSPS) is 16.9. The van der Waals surface area contributed by atoms with Crippen molar-refractivity contribution in [2.75, 3.05) is 12.3 Å². The molecule has 0 spiro atoms. The minimum Gasteiger partial charge on any atom is -0.355 e. The number of nitrogens with one attached hydrogen (secondary N) is 1. The summed E-state index contributed by atoms with van der Waals surface area (Å²) < 4.78 is 1.98. The number of hydrogen-bond acceptors (Lipinski definition) is 4. The lowest BCUT2D eigenvalue weighted by atomic mass is 9.83. The standard InChI is InChI=1S/C18H24N4OS/c1-13(2)22-12-20-21-18(22)24-11-17(23)19-10-15-8-5-7-14-6-3-4-9-16(14)15/h3-4,6,9,12-13,15H,5,7-8,10-11H2,1-2H3,(H,19,23). The zero-order valence-electron chi connectivity index (χ0n) is 14.2. The van der Waals surface area contributed by atoms with E-state index in [4.69, 9.17) is 0 Å². The molecule has 1 aliphatic carbocycles. The van der Waals surface area contributed by atoms with E-state index in [2.05, 4.69) is 53.6 Å². The molecule has 1 aliphatic rings. The molecule has 6 heteroatoms. The van der Waals surface area contributed by atoms with E-state index in [1.165, 1.54) is 29.3 Å². The summed E-state index contributed by atoms with van der Waals surface area (Å²) in [6.45, 7) is 4.87. The lowest BCUT2D eigenvalue weighted by molar-refractivity contribution is -0.118. The molecule has 1 aromatic carbocycles. The molecule has 1 aromatic heterocycles. The van der Waals surface area contributed by atoms with Gasteiger partial charge in [-0.2, -0.15) is 0 Å². The van der Waals surface area contributed by atoms with Crippen LogP contribution < -0.4 is 5.32 Å². The summed E-state index contributed by atoms with van der Waals surface area (Å²) >= 11 is 1.44. The van der Waals surface area contributed by atoms with Crippen LogP contribution in [0.5, 0.6) is 0 Å². The zero-order valence-corrected chi connectivity index (χ0v) is 15.1. The van der Waals surface area contributed by atoms with Crippen molar-refractivity contribution in [3.8, 4) is 0 Å². The van der Waals surface area contributed by atoms with Crippen molar-refractivity contribution in [2.45, 2.75) is 50.2 Å². The van der Waals surface area contributed by atoms with Crippen molar-refractivity contribution < 1.29 is 4.79 Å². The Labute approximate surface area is 147 Å². The summed E-state index contributed by atoms with van der Waals surface area (Å²) in [5, 5.41) is 11.9. The summed E-state index contributed by atoms with van der Waals surface area (Å²) in [7, 11) is 0. The van der Waals surface area contributed by atoms with E-state index >= 15 is 0 Å². The maximum atomic E-state index is 12.2. The second kappa shape index (κ2) is 7.83. The van der Waals surface area contributed by atoms with Crippen molar-refractivity contribution >= 4 is 17.7 Å². The Kier molecular flexibility index (Phi) is 5.56. The van der Waals surface area contributed by atoms with Crippen molar-refractivity contribution in [3.05, 3.63) is 41.7 Å². The molecule has 1 N–H and O–H groups in total. The topological polar surface area (TPSA) is 59.8 Å². The molecular weight excluding hydrogens is 320 g/mol. The first-order valence-electron chi connectivity index (χ1n) is 8.52. The number of carbonyl (C=O) groups excluding carboxylic acids is 1. The van der Waals surface area contributed by atoms with Gasteiger partial charge in [0.1, 0.15) is 6.33 Å². The molecule has 1 atom stereocenters. The number of aromatic nitrogens is 3. The Balaban J connectivity index is 1.51. The smallest absolute Gasteiger partial charge is 0.230 e. The Morgan fingerprint density at radius 1 is 1.42 bits per heavy atom. The second-order valence-corrected chi connectivity index (χ2v) is 7.44. The molecule has 1 heterocycles. The monoisotopic (exact) mass is 344 g/mol. The molecule has 0 saturated heterocycles. The molecule has 0 fully saturated rings. The molecular formula is C18H24N4OS. The van der Waals surface area contributed by atoms with Crippen LogP contribution in [0.2, 0.25) is 0 Å². The fraction of sp³-hybridized carbons (Fsp3) is 0.500. The van der Waals surface area contributed by atoms with Crippen LogP contribution in [0.3, 0.4) is 0 Å². The number of amides is 1. The first-order chi connectivity index (χ1) is 11.6. The SMILES string of the molecule is CC(C)n1cnnc1SCC(=O)NCC1CCCc2ccccc21. The van der Waals surface area contributed by atoms with Crippen LogP contribution in [-0.2, 0) is 11.2 Å². The van der Waals surface area contributed by atoms with Gasteiger partial charge in [-0.15, -0.1) is 10.2 Å². The van der Waals surface area contributed by atoms with Crippen molar-refractivity contribution in [3.63, 3.8) is 0 Å². The van der Waals surface area contributed by atoms with Gasteiger partial charge < -0.3 is 9.88 Å². The minimum atomic E-state index is 0.0568. The zero-order chi connectivity index (χ0) is 16.9. The van der Waals surface area contributed by atoms with Gasteiger partial charge >= 0.3 is 0 Å². The van der Waals surface area contributed by atoms with Gasteiger partial charge in [0.05, 0.1) is 5.75 Å². The largest absolute Gasteiger partial charge is 0.355 e. The molecule has 2 aromatic rings. The molecule has 0 radical (unpaired) electrons. The number of thioether (sulfide) groups is 1. The van der Waals surface area contributed by atoms with Gasteiger partial charge in [0.15, 0.2) is 5.16 Å². The third-order valence-corrected chi connectivity index (χ3v) is 5.43. The lowest BCUT2D eigenvalue weighted by Crippen LogP contribution is -2.31. The average Bonchev–Trinajstić information content (AvgIpc) is 3.07. The number of hydrogen-bond donors (Lipinski definition) is 1. The van der Waals surface area contributed by atoms with Crippen LogP contribution in [0.15, 0.2) is 35.7 Å². The van der Waals surface area contributed by atoms with Crippen LogP contribution in [0.4, 0.5) is 0 Å². The fourth-order valence-corrected chi connectivity index (χ4v) is 4.05. The van der Waals surface area contributed by atoms with Gasteiger partial charge in [0.25, 0.3) is 0 Å². The summed E-state index contributed by atoms with van der Waals surface area (Å²) in [5.41, 5.74) is 2.83. The van der Waals surface area contributed by atoms with E-state index in [-0.39, 0.29) is 5.91 Å². The van der Waals surface area contributed by atoms with Gasteiger partial charge in [-0.05, 0) is 44.2 Å². The third kappa shape index (κ3) is 3.98. The van der Waals surface area contributed by atoms with Crippen LogP contribution in [-0.4, -0.2) is 33.0 Å². The van der Waals surface area contributed by atoms with E-state index in [1.54, 1.807) is 6.33 Å². The summed E-state index contributed by atoms with van der Waals surface area (Å²) in [6.07, 6.45) is 5.21. The van der Waals surface area contributed by atoms with Gasteiger partial charge in [-0.1, -0.05) is 36.0 Å². The first-order valence-corrected chi connectivity index (χ1v) is 9.50. The highest BCUT2D eigenvalue weighted by molar-refractivity contribution is 7.99. The molecule has 5 nitrogen and oxygen atoms in total. The highest BCUT2D eigenvalue weighted by Crippen LogP contribution is 2.30. The van der Waals surface area contributed by atoms with Crippen molar-refractivity contribution in [1.82, 2.24) is 20.1 Å². The van der Waals surface area contributed by atoms with Crippen LogP contribution in [0.1, 0.15) is 49.8 Å². The van der Waals surface area contributed by atoms with Crippen molar-refractivity contribution in [1.29, 1.82) is 0 Å². The second-order valence-electron chi connectivity index (χ2n) is 6.50. The highest BCUT2D eigenvalue weighted by Gasteiger charge is 2.20. The Morgan fingerprint density at radius 2 is 2.25 bits per heavy atom. The average molecular weight is 344 g/mol. The predicted octanol–water partition coefficient (Wildman–Crippen LogP) is 3.19. The van der Waals surface area contributed by atoms with Gasteiger partial charge in [-0.25, -0.2) is 0 Å². The number of benzene rings is 1. The Morgan fingerprint density at radius 3 is 3.08 bits per heavy atom. The fourth-order valence-electron chi connectivity index (χ4n) is 3.17. The Hall–Kier alpha value is -1.82. The van der Waals surface area contributed by atoms with Crippen LogP contribution in [0, 0.1) is 0 Å². The van der Waals surface area contributed by atoms with E-state index in [0.29, 0.717) is 24.3 Å². The lowest BCUT2D eigenvalue weighted by Gasteiger charge is -2.25. The number of aryl methyl sites for hydroxylation is 1. The maximum Gasteiger partial charge on any atom is 0.230 e. The van der Waals surface area contributed by atoms with E-state index in [1.807, 2.05) is 4.57 Å². The predicted molar refractivity (Wildman–Crippen MR) is 96.3 cm³/mol. The molecule has 128 valence electrons. The van der Waals surface area contributed by atoms with Crippen LogP contribution in [0.25, 0.3) is 0 Å². The van der Waals surface area contributed by atoms with Gasteiger partial charge in [-0.3, -0.25) is 4.79 Å². The van der Waals surface area contributed by atoms with E-state index < -0.39 is 0 Å². The highest BCUT2D eigenvalue weighted by atomic mass is 32.2. The number of nitrogens with zero attached hydrogens (tertiary/aromatic N) is 3. The molecule has 24 heavy (non-hydrogen) atoms. The summed E-state index contributed by atoms with van der Waals surface area (Å²) in [5.74, 6) is 0.865. The van der Waals surface area contributed by atoms with Crippen LogP contribution >= 0.6 is 11.8 Å². The molecule has 3 rings (SSSR count). The third-order valence-electron chi connectivity index (χ3n) is 4.47. The van der Waals surface area contributed by atoms with E-state index in [9.17, 15) is 4.79 Å².